The van der Waals surface area contributed by atoms with Gasteiger partial charge in [0.2, 0.25) is 5.60 Å². The first-order valence-corrected chi connectivity index (χ1v) is 17.4. The smallest absolute Gasteiger partial charge is 0.353 e. The Morgan fingerprint density at radius 1 is 1.06 bits per heavy atom. The van der Waals surface area contributed by atoms with Crippen LogP contribution in [0.4, 0.5) is 5.13 Å². The number of nitrogen functional groups attached to an aromatic ring is 1. The van der Waals surface area contributed by atoms with Crippen molar-refractivity contribution < 1.29 is 38.4 Å². The number of nitrogens with one attached hydrogen (secondary N) is 1. The maximum atomic E-state index is 13.7. The number of carboxylic acid groups (broad SMARTS) is 1. The van der Waals surface area contributed by atoms with Crippen LogP contribution in [-0.2, 0) is 35.3 Å². The van der Waals surface area contributed by atoms with Gasteiger partial charge in [-0.3, -0.25) is 14.5 Å². The van der Waals surface area contributed by atoms with Crippen LogP contribution in [0.2, 0.25) is 0 Å². The predicted octanol–water partition coefficient (Wildman–Crippen LogP) is 1.95. The van der Waals surface area contributed by atoms with Crippen LogP contribution in [0.5, 0.6) is 0 Å². The number of aliphatic carboxylic acids is 1. The molecular formula is C35H32N6O7S2. The Kier molecular flexibility index (Phi) is 9.97. The van der Waals surface area contributed by atoms with Crippen molar-refractivity contribution in [3.05, 3.63) is 125 Å². The lowest BCUT2D eigenvalue weighted by Gasteiger charge is -2.50. The second-order valence-corrected chi connectivity index (χ2v) is 13.9. The molecule has 256 valence electrons. The highest BCUT2D eigenvalue weighted by Gasteiger charge is 2.53. The van der Waals surface area contributed by atoms with E-state index in [0.29, 0.717) is 11.3 Å². The molecule has 2 unspecified atom stereocenters. The Balaban J connectivity index is 1.20. The molecule has 4 aromatic rings. The quantitative estimate of drug-likeness (QED) is 0.0725. The van der Waals surface area contributed by atoms with E-state index in [2.05, 4.69) is 15.5 Å². The lowest BCUT2D eigenvalue weighted by molar-refractivity contribution is -0.689. The Morgan fingerprint density at radius 3 is 2.26 bits per heavy atom. The minimum absolute atomic E-state index is 0.0537. The summed E-state index contributed by atoms with van der Waals surface area (Å²) in [5, 5.41) is 19.8. The number of hydrogen-bond acceptors (Lipinski definition) is 12. The fraction of sp³-hybridized carbons (Fsp3) is 0.229. The first-order chi connectivity index (χ1) is 24.0. The molecule has 13 nitrogen and oxygen atoms in total. The number of rotatable bonds is 12. The number of oxime groups is 1. The molecule has 2 aromatic heterocycles. The summed E-state index contributed by atoms with van der Waals surface area (Å²) in [5.41, 5.74) is 5.65. The Labute approximate surface area is 295 Å². The number of carbonyl (C=O) groups is 4. The third kappa shape index (κ3) is 7.23. The number of carbonyl (C=O) groups excluding carboxylic acids is 4. The van der Waals surface area contributed by atoms with Crippen LogP contribution in [0, 0.1) is 0 Å². The van der Waals surface area contributed by atoms with Crippen molar-refractivity contribution in [3.8, 4) is 0 Å². The van der Waals surface area contributed by atoms with Gasteiger partial charge in [-0.2, -0.15) is 0 Å². The van der Waals surface area contributed by atoms with Crippen LogP contribution in [-0.4, -0.2) is 62.1 Å². The Hall–Kier alpha value is -5.54. The average molecular weight is 713 g/mol. The maximum Gasteiger partial charge on any atom is 0.353 e. The second-order valence-electron chi connectivity index (χ2n) is 11.9. The van der Waals surface area contributed by atoms with Crippen LogP contribution in [0.15, 0.2) is 113 Å². The van der Waals surface area contributed by atoms with Crippen LogP contribution in [0.1, 0.15) is 36.8 Å². The molecule has 2 aliphatic heterocycles. The minimum atomic E-state index is -1.68. The van der Waals surface area contributed by atoms with Gasteiger partial charge < -0.3 is 30.5 Å². The summed E-state index contributed by atoms with van der Waals surface area (Å²) in [6.07, 6.45) is 2.83. The molecular weight excluding hydrogens is 681 g/mol. The number of aromatic nitrogens is 2. The van der Waals surface area contributed by atoms with Crippen molar-refractivity contribution in [3.63, 3.8) is 0 Å². The van der Waals surface area contributed by atoms with Gasteiger partial charge in [0.1, 0.15) is 17.1 Å². The van der Waals surface area contributed by atoms with Crippen LogP contribution in [0.25, 0.3) is 0 Å². The molecule has 0 radical (unpaired) electrons. The van der Waals surface area contributed by atoms with Crippen molar-refractivity contribution >= 4 is 57.7 Å². The van der Waals surface area contributed by atoms with E-state index in [1.54, 1.807) is 17.0 Å². The SMILES string of the molecule is CC(C)(O/N=C(\C(=O)NC1C(=O)N2C(C(=O)[O-])=C(C[n+]3ccccc3)CSC12)c1csc(N)n1)C(=O)OC(c1ccccc1)c1ccccc1. The third-order valence-corrected chi connectivity index (χ3v) is 9.96. The van der Waals surface area contributed by atoms with E-state index < -0.39 is 46.9 Å². The van der Waals surface area contributed by atoms with Crippen molar-refractivity contribution in [2.75, 3.05) is 11.5 Å². The molecule has 1 saturated heterocycles. The van der Waals surface area contributed by atoms with Gasteiger partial charge in [0.15, 0.2) is 35.9 Å². The summed E-state index contributed by atoms with van der Waals surface area (Å²) in [6.45, 7) is 3.14. The molecule has 3 N–H and O–H groups in total. The molecule has 4 heterocycles. The molecule has 2 amide bonds. The zero-order chi connectivity index (χ0) is 35.4. The van der Waals surface area contributed by atoms with E-state index in [9.17, 15) is 24.3 Å². The number of nitrogens with zero attached hydrogens (tertiary/aromatic N) is 4. The number of hydrogen-bond donors (Lipinski definition) is 2. The molecule has 50 heavy (non-hydrogen) atoms. The monoisotopic (exact) mass is 712 g/mol. The summed E-state index contributed by atoms with van der Waals surface area (Å²) in [6, 6.07) is 22.8. The zero-order valence-electron chi connectivity index (χ0n) is 26.9. The Bertz CT molecular complexity index is 1930. The average Bonchev–Trinajstić information content (AvgIpc) is 3.55. The fourth-order valence-corrected chi connectivity index (χ4v) is 7.28. The van der Waals surface area contributed by atoms with Gasteiger partial charge in [0.05, 0.1) is 11.7 Å². The number of ether oxygens (including phenoxy) is 1. The number of benzene rings is 2. The number of esters is 1. The standard InChI is InChI=1S/C35H32N6O7S2/c1-35(2,33(46)47-28(21-12-6-3-7-13-21)22-14-8-4-9-15-22)48-39-25(24-20-50-34(36)37-24)29(42)38-26-30(43)41-27(32(44)45)23(19-49-31(26)41)18-40-16-10-5-11-17-40/h3-17,20,26,28,31H,18-19H2,1-2H3,(H3-,36,37,38,42,44,45)/b39-25-. The number of pyridine rings is 1. The van der Waals surface area contributed by atoms with Gasteiger partial charge >= 0.3 is 5.97 Å². The highest BCUT2D eigenvalue weighted by atomic mass is 32.2. The summed E-state index contributed by atoms with van der Waals surface area (Å²) < 4.78 is 7.75. The van der Waals surface area contributed by atoms with Gasteiger partial charge in [-0.1, -0.05) is 71.9 Å². The first kappa shape index (κ1) is 34.3. The van der Waals surface area contributed by atoms with Crippen LogP contribution in [0.3, 0.4) is 0 Å². The summed E-state index contributed by atoms with van der Waals surface area (Å²) in [5.74, 6) is -3.41. The van der Waals surface area contributed by atoms with Gasteiger partial charge in [-0.15, -0.1) is 23.1 Å². The van der Waals surface area contributed by atoms with E-state index in [-0.39, 0.29) is 28.8 Å². The summed E-state index contributed by atoms with van der Waals surface area (Å²) >= 11 is 2.37. The van der Waals surface area contributed by atoms with Crippen molar-refractivity contribution in [1.82, 2.24) is 15.2 Å². The molecule has 2 atom stereocenters. The minimum Gasteiger partial charge on any atom is -0.543 e. The first-order valence-electron chi connectivity index (χ1n) is 15.4. The predicted molar refractivity (Wildman–Crippen MR) is 183 cm³/mol. The number of β-lactam (4-membered cyclic amide) rings is 1. The molecule has 0 bridgehead atoms. The van der Waals surface area contributed by atoms with Gasteiger partial charge in [-0.25, -0.2) is 14.3 Å². The normalized spacial score (nSPS) is 17.5. The number of nitrogens with two attached hydrogens (primary N) is 1. The van der Waals surface area contributed by atoms with Crippen molar-refractivity contribution in [2.24, 2.45) is 5.16 Å². The molecule has 0 spiro atoms. The molecule has 0 saturated carbocycles. The maximum absolute atomic E-state index is 13.7. The summed E-state index contributed by atoms with van der Waals surface area (Å²) in [7, 11) is 0. The lowest BCUT2D eigenvalue weighted by Crippen LogP contribution is -2.71. The number of fused-ring (bicyclic) bond motifs is 1. The Morgan fingerprint density at radius 2 is 1.68 bits per heavy atom. The number of amides is 2. The fourth-order valence-electron chi connectivity index (χ4n) is 5.39. The van der Waals surface area contributed by atoms with E-state index in [1.165, 1.54) is 31.0 Å². The molecule has 0 aliphatic carbocycles. The van der Waals surface area contributed by atoms with Gasteiger partial charge in [0, 0.05) is 28.8 Å². The molecule has 15 heteroatoms. The van der Waals surface area contributed by atoms with E-state index in [0.717, 1.165) is 27.4 Å². The third-order valence-electron chi connectivity index (χ3n) is 7.94. The highest BCUT2D eigenvalue weighted by Crippen LogP contribution is 2.40. The van der Waals surface area contributed by atoms with E-state index >= 15 is 0 Å². The van der Waals surface area contributed by atoms with Gasteiger partial charge in [-0.05, 0) is 25.0 Å². The molecule has 1 fully saturated rings. The number of anilines is 1. The molecule has 2 aromatic carbocycles. The second kappa shape index (κ2) is 14.5. The van der Waals surface area contributed by atoms with Crippen molar-refractivity contribution in [2.45, 2.75) is 43.5 Å². The zero-order valence-corrected chi connectivity index (χ0v) is 28.6. The topological polar surface area (TPSA) is 180 Å². The van der Waals surface area contributed by atoms with Crippen LogP contribution >= 0.6 is 23.1 Å². The van der Waals surface area contributed by atoms with E-state index in [1.807, 2.05) is 78.9 Å². The number of carboxylic acids is 1. The van der Waals surface area contributed by atoms with Gasteiger partial charge in [0.25, 0.3) is 11.8 Å². The highest BCUT2D eigenvalue weighted by molar-refractivity contribution is 8.00. The molecule has 2 aliphatic rings. The largest absolute Gasteiger partial charge is 0.543 e. The summed E-state index contributed by atoms with van der Waals surface area (Å²) in [4.78, 5) is 63.8. The molecule has 6 rings (SSSR count). The lowest BCUT2D eigenvalue weighted by atomic mass is 10.0. The van der Waals surface area contributed by atoms with Crippen LogP contribution < -0.4 is 20.7 Å². The number of thiazole rings is 1. The van der Waals surface area contributed by atoms with E-state index in [4.69, 9.17) is 15.3 Å². The number of thioether (sulfide) groups is 1. The van der Waals surface area contributed by atoms with Crippen molar-refractivity contribution in [1.29, 1.82) is 0 Å².